The second-order valence-electron chi connectivity index (χ2n) is 6.07. The molecular weight excluding hydrogens is 320 g/mol. The summed E-state index contributed by atoms with van der Waals surface area (Å²) >= 11 is 0. The van der Waals surface area contributed by atoms with Gasteiger partial charge in [-0.1, -0.05) is 24.3 Å². The number of esters is 1. The fourth-order valence-corrected chi connectivity index (χ4v) is 2.81. The number of anilines is 1. The van der Waals surface area contributed by atoms with Gasteiger partial charge in [-0.15, -0.1) is 0 Å². The van der Waals surface area contributed by atoms with Gasteiger partial charge in [0.1, 0.15) is 0 Å². The first-order valence-corrected chi connectivity index (χ1v) is 7.88. The molecule has 1 aliphatic heterocycles. The Morgan fingerprint density at radius 1 is 1.12 bits per heavy atom. The molecule has 2 aromatic carbocycles. The van der Waals surface area contributed by atoms with Crippen LogP contribution in [0.5, 0.6) is 0 Å². The number of hydrogen-bond donors (Lipinski definition) is 2. The molecule has 0 aromatic heterocycles. The van der Waals surface area contributed by atoms with Crippen molar-refractivity contribution in [3.8, 4) is 0 Å². The number of ether oxygens (including phenoxy) is 1. The lowest BCUT2D eigenvalue weighted by Gasteiger charge is -2.33. The number of carbonyl (C=O) groups is 3. The molecule has 2 aromatic rings. The molecule has 1 heterocycles. The highest BCUT2D eigenvalue weighted by Crippen LogP contribution is 2.29. The molecule has 25 heavy (non-hydrogen) atoms. The van der Waals surface area contributed by atoms with Crippen molar-refractivity contribution in [1.29, 1.82) is 0 Å². The average molecular weight is 338 g/mol. The van der Waals surface area contributed by atoms with E-state index in [1.807, 2.05) is 12.1 Å². The van der Waals surface area contributed by atoms with Gasteiger partial charge >= 0.3 is 5.97 Å². The van der Waals surface area contributed by atoms with Crippen LogP contribution in [0.1, 0.15) is 33.2 Å². The first-order valence-electron chi connectivity index (χ1n) is 7.88. The second-order valence-corrected chi connectivity index (χ2v) is 6.07. The zero-order chi connectivity index (χ0) is 18.0. The Hall–Kier alpha value is -3.15. The Morgan fingerprint density at radius 3 is 2.64 bits per heavy atom. The fourth-order valence-electron chi connectivity index (χ4n) is 2.81. The zero-order valence-corrected chi connectivity index (χ0v) is 14.0. The van der Waals surface area contributed by atoms with Gasteiger partial charge in [0, 0.05) is 24.7 Å². The minimum absolute atomic E-state index is 0.250. The van der Waals surface area contributed by atoms with Gasteiger partial charge in [0.15, 0.2) is 5.60 Å². The van der Waals surface area contributed by atoms with Gasteiger partial charge in [0.2, 0.25) is 0 Å². The quantitative estimate of drug-likeness (QED) is 0.840. The summed E-state index contributed by atoms with van der Waals surface area (Å²) in [7, 11) is 1.54. The highest BCUT2D eigenvalue weighted by molar-refractivity contribution is 6.03. The summed E-state index contributed by atoms with van der Waals surface area (Å²) in [6, 6.07) is 13.6. The predicted octanol–water partition coefficient (Wildman–Crippen LogP) is 2.16. The molecule has 2 N–H and O–H groups in total. The van der Waals surface area contributed by atoms with Gasteiger partial charge in [-0.25, -0.2) is 4.79 Å². The normalized spacial score (nSPS) is 18.7. The zero-order valence-electron chi connectivity index (χ0n) is 14.0. The van der Waals surface area contributed by atoms with E-state index in [0.717, 1.165) is 5.56 Å². The van der Waals surface area contributed by atoms with Crippen molar-refractivity contribution in [3.63, 3.8) is 0 Å². The molecule has 2 amide bonds. The summed E-state index contributed by atoms with van der Waals surface area (Å²) in [6.07, 6.45) is 0.288. The van der Waals surface area contributed by atoms with Crippen molar-refractivity contribution >= 4 is 23.5 Å². The molecule has 0 fully saturated rings. The Balaban J connectivity index is 1.82. The van der Waals surface area contributed by atoms with E-state index in [9.17, 15) is 14.4 Å². The lowest BCUT2D eigenvalue weighted by atomic mass is 9.89. The lowest BCUT2D eigenvalue weighted by Crippen LogP contribution is -2.48. The highest BCUT2D eigenvalue weighted by atomic mass is 16.6. The van der Waals surface area contributed by atoms with Gasteiger partial charge in [0.25, 0.3) is 11.8 Å². The Labute approximate surface area is 145 Å². The van der Waals surface area contributed by atoms with Gasteiger partial charge in [0.05, 0.1) is 5.56 Å². The third-order valence-corrected chi connectivity index (χ3v) is 4.17. The lowest BCUT2D eigenvalue weighted by molar-refractivity contribution is -0.134. The topological polar surface area (TPSA) is 84.5 Å². The van der Waals surface area contributed by atoms with Crippen LogP contribution in [0.3, 0.4) is 0 Å². The molecule has 1 aliphatic rings. The Kier molecular flexibility index (Phi) is 4.27. The highest BCUT2D eigenvalue weighted by Gasteiger charge is 2.42. The van der Waals surface area contributed by atoms with Crippen LogP contribution in [0.2, 0.25) is 0 Å². The molecular formula is C19H18N2O4. The van der Waals surface area contributed by atoms with Crippen LogP contribution in [-0.4, -0.2) is 30.4 Å². The number of rotatable bonds is 3. The van der Waals surface area contributed by atoms with Gasteiger partial charge in [-0.2, -0.15) is 0 Å². The van der Waals surface area contributed by atoms with E-state index in [1.54, 1.807) is 43.3 Å². The van der Waals surface area contributed by atoms with Gasteiger partial charge in [-0.05, 0) is 36.8 Å². The molecule has 1 atom stereocenters. The molecule has 0 saturated heterocycles. The molecule has 6 nitrogen and oxygen atoms in total. The third kappa shape index (κ3) is 3.24. The molecule has 0 radical (unpaired) electrons. The number of hydrogen-bond acceptors (Lipinski definition) is 4. The van der Waals surface area contributed by atoms with E-state index in [-0.39, 0.29) is 12.3 Å². The van der Waals surface area contributed by atoms with Crippen LogP contribution in [0.15, 0.2) is 48.5 Å². The van der Waals surface area contributed by atoms with Crippen molar-refractivity contribution in [3.05, 3.63) is 65.2 Å². The smallest absolute Gasteiger partial charge is 0.339 e. The maximum atomic E-state index is 12.7. The summed E-state index contributed by atoms with van der Waals surface area (Å²) in [5, 5.41) is 5.26. The summed E-state index contributed by atoms with van der Waals surface area (Å²) < 4.78 is 5.40. The fraction of sp³-hybridized carbons (Fsp3) is 0.211. The number of carbonyl (C=O) groups excluding carboxylic acids is 3. The van der Waals surface area contributed by atoms with Crippen molar-refractivity contribution in [2.24, 2.45) is 0 Å². The molecule has 0 bridgehead atoms. The van der Waals surface area contributed by atoms with Crippen molar-refractivity contribution in [1.82, 2.24) is 5.32 Å². The number of amides is 2. The van der Waals surface area contributed by atoms with E-state index in [4.69, 9.17) is 4.74 Å². The maximum Gasteiger partial charge on any atom is 0.339 e. The minimum atomic E-state index is -1.31. The number of fused-ring (bicyclic) bond motifs is 1. The van der Waals surface area contributed by atoms with E-state index < -0.39 is 17.5 Å². The molecule has 0 spiro atoms. The summed E-state index contributed by atoms with van der Waals surface area (Å²) in [5.41, 5.74) is 0.831. The first-order chi connectivity index (χ1) is 11.9. The number of nitrogens with one attached hydrogen (secondary N) is 2. The average Bonchev–Trinajstić information content (AvgIpc) is 2.61. The van der Waals surface area contributed by atoms with Crippen LogP contribution in [0.4, 0.5) is 5.69 Å². The van der Waals surface area contributed by atoms with Crippen molar-refractivity contribution in [2.75, 3.05) is 12.4 Å². The van der Waals surface area contributed by atoms with E-state index in [2.05, 4.69) is 10.6 Å². The monoisotopic (exact) mass is 338 g/mol. The number of cyclic esters (lactones) is 1. The number of benzene rings is 2. The summed E-state index contributed by atoms with van der Waals surface area (Å²) in [6.45, 7) is 1.58. The molecule has 6 heteroatoms. The summed E-state index contributed by atoms with van der Waals surface area (Å²) in [4.78, 5) is 36.6. The maximum absolute atomic E-state index is 12.7. The first kappa shape index (κ1) is 16.7. The van der Waals surface area contributed by atoms with Crippen LogP contribution in [0, 0.1) is 0 Å². The van der Waals surface area contributed by atoms with Gasteiger partial charge < -0.3 is 15.4 Å². The van der Waals surface area contributed by atoms with Gasteiger partial charge in [-0.3, -0.25) is 9.59 Å². The molecule has 128 valence electrons. The minimum Gasteiger partial charge on any atom is -0.445 e. The Bertz CT molecular complexity index is 862. The standard InChI is InChI=1S/C19H18N2O4/c1-19(11-13-6-3-4-9-15(13)17(23)25-19)18(24)21-14-8-5-7-12(10-14)16(22)20-2/h3-10H,11H2,1-2H3,(H,20,22)(H,21,24)/t19-/m1/s1. The van der Waals surface area contributed by atoms with Crippen LogP contribution < -0.4 is 10.6 Å². The third-order valence-electron chi connectivity index (χ3n) is 4.17. The summed E-state index contributed by atoms with van der Waals surface area (Å²) in [5.74, 6) is -1.21. The molecule has 0 saturated carbocycles. The van der Waals surface area contributed by atoms with Crippen molar-refractivity contribution < 1.29 is 19.1 Å². The molecule has 0 unspecified atom stereocenters. The van der Waals surface area contributed by atoms with E-state index in [0.29, 0.717) is 16.8 Å². The largest absolute Gasteiger partial charge is 0.445 e. The van der Waals surface area contributed by atoms with E-state index >= 15 is 0 Å². The van der Waals surface area contributed by atoms with E-state index in [1.165, 1.54) is 7.05 Å². The molecule has 3 rings (SSSR count). The SMILES string of the molecule is CNC(=O)c1cccc(NC(=O)[C@@]2(C)Cc3ccccc3C(=O)O2)c1. The van der Waals surface area contributed by atoms with Crippen molar-refractivity contribution in [2.45, 2.75) is 18.9 Å². The van der Waals surface area contributed by atoms with Crippen LogP contribution in [-0.2, 0) is 16.0 Å². The predicted molar refractivity (Wildman–Crippen MR) is 92.4 cm³/mol. The molecule has 0 aliphatic carbocycles. The Morgan fingerprint density at radius 2 is 1.88 bits per heavy atom. The van der Waals surface area contributed by atoms with Crippen LogP contribution >= 0.6 is 0 Å². The van der Waals surface area contributed by atoms with Crippen LogP contribution in [0.25, 0.3) is 0 Å². The second kappa shape index (κ2) is 6.39.